The highest BCUT2D eigenvalue weighted by atomic mass is 16.1. The Bertz CT molecular complexity index is 2230. The predicted molar refractivity (Wildman–Crippen MR) is 591 cm³/mol. The minimum atomic E-state index is 0.249. The molecule has 0 saturated carbocycles. The second kappa shape index (κ2) is 123. The van der Waals surface area contributed by atoms with E-state index in [-0.39, 0.29) is 23.1 Å². The Morgan fingerprint density at radius 3 is 0.215 bits per heavy atom. The zero-order valence-corrected chi connectivity index (χ0v) is 91.4. The van der Waals surface area contributed by atoms with Gasteiger partial charge in [-0.15, -0.1) is 0 Å². The predicted octanol–water partition coefficient (Wildman–Crippen LogP) is 46.0. The highest BCUT2D eigenvalue weighted by Crippen LogP contribution is 2.24. The molecule has 4 heteroatoms. The number of carbonyl (C=O) groups excluding carboxylic acids is 4. The number of rotatable bonds is 110. The van der Waals surface area contributed by atoms with E-state index in [1.807, 2.05) is 27.7 Å². The van der Waals surface area contributed by atoms with Gasteiger partial charge >= 0.3 is 0 Å². The molecule has 0 fully saturated rings. The van der Waals surface area contributed by atoms with Gasteiger partial charge in [-0.05, 0) is 75.7 Å². The molecule has 0 unspecified atom stereocenters. The van der Waals surface area contributed by atoms with Gasteiger partial charge in [0.2, 0.25) is 0 Å². The third-order valence-electron chi connectivity index (χ3n) is 28.4. The maximum absolute atomic E-state index is 11.5. The Morgan fingerprint density at radius 2 is 0.162 bits per heavy atom. The molecule has 0 atom stereocenters. The Labute approximate surface area is 821 Å². The molecule has 0 amide bonds. The van der Waals surface area contributed by atoms with Gasteiger partial charge in [0.05, 0.1) is 0 Å². The SMILES string of the molecule is C=C(C)C(=O)CCCCCCCCCCCCCCCCCCCCCCCCCC.C=C(C)C(=O)CCCCCCCCCCCCCCCCCCCCCCCCCCC.C=C(C)C(=O)CCCCCCCCCCCCCCCCCCCCCCCCCCCC.C=C(C)C(=O)CCCCCCCCCCCCCCCCCCCCCCCCCCCCC. The molecule has 0 bridgehead atoms. The number of hydrogen-bond acceptors (Lipinski definition) is 4. The molecule has 0 aliphatic rings. The van der Waals surface area contributed by atoms with Crippen molar-refractivity contribution in [1.29, 1.82) is 0 Å². The quantitative estimate of drug-likeness (QED) is 0.0449. The zero-order valence-electron chi connectivity index (χ0n) is 91.4. The fourth-order valence-corrected chi connectivity index (χ4v) is 18.9. The maximum Gasteiger partial charge on any atom is 0.157 e. The molecule has 0 aromatic carbocycles. The van der Waals surface area contributed by atoms with E-state index in [2.05, 4.69) is 54.0 Å². The topological polar surface area (TPSA) is 68.3 Å². The minimum Gasteiger partial charge on any atom is -0.295 e. The van der Waals surface area contributed by atoms with Crippen LogP contribution >= 0.6 is 0 Å². The van der Waals surface area contributed by atoms with Crippen molar-refractivity contribution in [2.75, 3.05) is 0 Å². The van der Waals surface area contributed by atoms with Gasteiger partial charge in [0.25, 0.3) is 0 Å². The lowest BCUT2D eigenvalue weighted by Gasteiger charge is -2.04. The van der Waals surface area contributed by atoms with Crippen LogP contribution in [0.3, 0.4) is 0 Å². The molecule has 130 heavy (non-hydrogen) atoms. The molecule has 0 N–H and O–H groups in total. The minimum absolute atomic E-state index is 0.249. The summed E-state index contributed by atoms with van der Waals surface area (Å²) in [4.78, 5) is 45.9. The second-order valence-corrected chi connectivity index (χ2v) is 42.5. The average molecular weight is 1820 g/mol. The molecule has 0 spiro atoms. The monoisotopic (exact) mass is 1820 g/mol. The largest absolute Gasteiger partial charge is 0.295 e. The first-order chi connectivity index (χ1) is 63.7. The lowest BCUT2D eigenvalue weighted by Crippen LogP contribution is -1.97. The van der Waals surface area contributed by atoms with E-state index in [1.54, 1.807) is 0 Å². The molecule has 0 heterocycles. The van der Waals surface area contributed by atoms with Crippen LogP contribution in [0.25, 0.3) is 0 Å². The maximum atomic E-state index is 11.5. The molecule has 0 aliphatic carbocycles. The van der Waals surface area contributed by atoms with Crippen molar-refractivity contribution in [3.05, 3.63) is 48.6 Å². The Balaban J connectivity index is -0.000000815. The van der Waals surface area contributed by atoms with Crippen LogP contribution < -0.4 is 0 Å². The van der Waals surface area contributed by atoms with Crippen molar-refractivity contribution in [2.45, 2.75) is 736 Å². The van der Waals surface area contributed by atoms with Crippen LogP contribution in [0.2, 0.25) is 0 Å². The number of carbonyl (C=O) groups is 4. The number of hydrogen-bond donors (Lipinski definition) is 0. The molecule has 0 aromatic rings. The van der Waals surface area contributed by atoms with Crippen molar-refractivity contribution in [3.8, 4) is 0 Å². The van der Waals surface area contributed by atoms with Crippen LogP contribution in [0.1, 0.15) is 736 Å². The molecule has 4 nitrogen and oxygen atoms in total. The molecular weight excluding hydrogens is 1580 g/mol. The Hall–Kier alpha value is -2.36. The summed E-state index contributed by atoms with van der Waals surface area (Å²) in [7, 11) is 0. The van der Waals surface area contributed by atoms with E-state index >= 15 is 0 Å². The molecule has 772 valence electrons. The summed E-state index contributed by atoms with van der Waals surface area (Å²) in [5.41, 5.74) is 2.87. The van der Waals surface area contributed by atoms with Gasteiger partial charge in [0, 0.05) is 25.7 Å². The lowest BCUT2D eigenvalue weighted by atomic mass is 10.0. The lowest BCUT2D eigenvalue weighted by molar-refractivity contribution is -0.116. The van der Waals surface area contributed by atoms with Gasteiger partial charge in [-0.1, -0.05) is 683 Å². The fourth-order valence-electron chi connectivity index (χ4n) is 18.9. The van der Waals surface area contributed by atoms with Gasteiger partial charge < -0.3 is 0 Å². The summed E-state index contributed by atoms with van der Waals surface area (Å²) >= 11 is 0. The van der Waals surface area contributed by atoms with E-state index in [4.69, 9.17) is 0 Å². The summed E-state index contributed by atoms with van der Waals surface area (Å²) in [6.07, 6.45) is 147. The molecular formula is C126H244O4. The Kier molecular flexibility index (Phi) is 126. The Morgan fingerprint density at radius 1 is 0.108 bits per heavy atom. The smallest absolute Gasteiger partial charge is 0.157 e. The summed E-state index contributed by atoms with van der Waals surface area (Å²) in [5.74, 6) is 0.997. The summed E-state index contributed by atoms with van der Waals surface area (Å²) in [6.45, 7) is 31.4. The van der Waals surface area contributed by atoms with Crippen molar-refractivity contribution in [3.63, 3.8) is 0 Å². The van der Waals surface area contributed by atoms with Crippen molar-refractivity contribution in [2.24, 2.45) is 0 Å². The normalized spacial score (nSPS) is 11.2. The van der Waals surface area contributed by atoms with Crippen LogP contribution in [0, 0.1) is 0 Å². The van der Waals surface area contributed by atoms with Crippen LogP contribution in [0.5, 0.6) is 0 Å². The molecule has 0 radical (unpaired) electrons. The zero-order chi connectivity index (χ0) is 95.6. The standard InChI is InChI=1S/C33H64O.C32H62O.C31H60O.C30H58O/c1-4-5-6-7-8-9-10-11-12-13-14-15-16-17-18-19-20-21-22-23-24-25-26-27-28-29-30-31-33(34)32(2)3;1-4-5-6-7-8-9-10-11-12-13-14-15-16-17-18-19-20-21-22-23-24-25-26-27-28-29-30-32(33)31(2)3;1-4-5-6-7-8-9-10-11-12-13-14-15-16-17-18-19-20-21-22-23-24-25-26-27-28-29-31(32)30(2)3;1-4-5-6-7-8-9-10-11-12-13-14-15-16-17-18-19-20-21-22-23-24-25-26-27-28-30(31)29(2)3/h2,4-31H2,1,3H3;2,4-30H2,1,3H3;2,4-29H2,1,3H3;2,4-28H2,1,3H3. The van der Waals surface area contributed by atoms with Gasteiger partial charge in [-0.2, -0.15) is 0 Å². The summed E-state index contributed by atoms with van der Waals surface area (Å²) in [6, 6.07) is 0. The number of allylic oxidation sites excluding steroid dienone is 4. The van der Waals surface area contributed by atoms with Crippen molar-refractivity contribution in [1.82, 2.24) is 0 Å². The third-order valence-corrected chi connectivity index (χ3v) is 28.4. The van der Waals surface area contributed by atoms with E-state index in [0.717, 1.165) is 36.8 Å². The molecule has 0 saturated heterocycles. The van der Waals surface area contributed by atoms with Gasteiger partial charge in [0.15, 0.2) is 23.1 Å². The first kappa shape index (κ1) is 134. The average Bonchev–Trinajstić information content (AvgIpc) is 1.02. The first-order valence-electron chi connectivity index (χ1n) is 60.5. The summed E-state index contributed by atoms with van der Waals surface area (Å²) in [5, 5.41) is 0. The van der Waals surface area contributed by atoms with Crippen LogP contribution in [0.4, 0.5) is 0 Å². The van der Waals surface area contributed by atoms with Crippen molar-refractivity contribution < 1.29 is 19.2 Å². The molecule has 0 aliphatic heterocycles. The van der Waals surface area contributed by atoms with E-state index in [0.29, 0.717) is 36.8 Å². The number of ketones is 4. The van der Waals surface area contributed by atoms with E-state index in [1.165, 1.54) is 629 Å². The fraction of sp³-hybridized carbons (Fsp3) is 0.905. The van der Waals surface area contributed by atoms with E-state index < -0.39 is 0 Å². The molecule has 0 rings (SSSR count). The van der Waals surface area contributed by atoms with Crippen LogP contribution in [-0.4, -0.2) is 23.1 Å². The number of Topliss-reactive ketones (excluding diaryl/α,β-unsaturated/α-hetero) is 4. The third kappa shape index (κ3) is 128. The number of unbranched alkanes of at least 4 members (excludes halogenated alkanes) is 98. The summed E-state index contributed by atoms with van der Waals surface area (Å²) < 4.78 is 0. The highest BCUT2D eigenvalue weighted by molar-refractivity contribution is 5.95. The van der Waals surface area contributed by atoms with E-state index in [9.17, 15) is 19.2 Å². The highest BCUT2D eigenvalue weighted by Gasteiger charge is 2.09. The van der Waals surface area contributed by atoms with Gasteiger partial charge in [-0.3, -0.25) is 19.2 Å². The second-order valence-electron chi connectivity index (χ2n) is 42.5. The van der Waals surface area contributed by atoms with Crippen LogP contribution in [-0.2, 0) is 19.2 Å². The van der Waals surface area contributed by atoms with Gasteiger partial charge in [-0.25, -0.2) is 0 Å². The van der Waals surface area contributed by atoms with Crippen molar-refractivity contribution >= 4 is 23.1 Å². The first-order valence-corrected chi connectivity index (χ1v) is 60.5. The molecule has 0 aromatic heterocycles. The van der Waals surface area contributed by atoms with Crippen LogP contribution in [0.15, 0.2) is 48.6 Å². The van der Waals surface area contributed by atoms with Gasteiger partial charge in [0.1, 0.15) is 0 Å².